The van der Waals surface area contributed by atoms with E-state index < -0.39 is 0 Å². The maximum Gasteiger partial charge on any atom is 0.277 e. The van der Waals surface area contributed by atoms with Gasteiger partial charge in [0.2, 0.25) is 5.13 Å². The van der Waals surface area contributed by atoms with Crippen molar-refractivity contribution in [1.82, 2.24) is 20.4 Å². The lowest BCUT2D eigenvalue weighted by Crippen LogP contribution is -2.12. The Morgan fingerprint density at radius 3 is 2.84 bits per heavy atom. The number of anilines is 1. The molecule has 0 aliphatic heterocycles. The van der Waals surface area contributed by atoms with Crippen LogP contribution in [0.4, 0.5) is 5.13 Å². The Morgan fingerprint density at radius 1 is 1.32 bits per heavy atom. The van der Waals surface area contributed by atoms with Crippen LogP contribution in [0.25, 0.3) is 0 Å². The third-order valence-electron chi connectivity index (χ3n) is 2.53. The van der Waals surface area contributed by atoms with Crippen molar-refractivity contribution in [3.05, 3.63) is 22.5 Å². The second-order valence-electron chi connectivity index (χ2n) is 4.23. The van der Waals surface area contributed by atoms with Crippen molar-refractivity contribution in [3.63, 3.8) is 0 Å². The van der Waals surface area contributed by atoms with Gasteiger partial charge in [0.1, 0.15) is 5.01 Å². The molecule has 0 unspecified atom stereocenters. The third-order valence-corrected chi connectivity index (χ3v) is 3.43. The van der Waals surface area contributed by atoms with Gasteiger partial charge in [0.25, 0.3) is 5.91 Å². The van der Waals surface area contributed by atoms with E-state index in [2.05, 4.69) is 39.6 Å². The molecule has 2 rings (SSSR count). The summed E-state index contributed by atoms with van der Waals surface area (Å²) >= 11 is 1.41. The minimum atomic E-state index is -0.252. The smallest absolute Gasteiger partial charge is 0.277 e. The molecule has 6 nitrogen and oxygen atoms in total. The zero-order valence-corrected chi connectivity index (χ0v) is 11.9. The summed E-state index contributed by atoms with van der Waals surface area (Å²) in [5.74, 6) is -0.252. The van der Waals surface area contributed by atoms with Gasteiger partial charge >= 0.3 is 0 Å². The topological polar surface area (TPSA) is 83.6 Å². The molecule has 0 aliphatic carbocycles. The Labute approximate surface area is 115 Å². The molecule has 0 aliphatic rings. The van der Waals surface area contributed by atoms with Crippen LogP contribution in [0.2, 0.25) is 0 Å². The van der Waals surface area contributed by atoms with Gasteiger partial charge in [0.15, 0.2) is 5.69 Å². The van der Waals surface area contributed by atoms with Gasteiger partial charge in [-0.1, -0.05) is 31.6 Å². The molecule has 0 atom stereocenters. The SMILES string of the molecule is CCCc1cc(C(=O)Nc2nnc(CCC)s2)n[nH]1. The molecule has 0 saturated heterocycles. The van der Waals surface area contributed by atoms with Gasteiger partial charge < -0.3 is 0 Å². The van der Waals surface area contributed by atoms with Gasteiger partial charge in [-0.15, -0.1) is 10.2 Å². The second-order valence-corrected chi connectivity index (χ2v) is 5.30. The predicted molar refractivity (Wildman–Crippen MR) is 74.4 cm³/mol. The van der Waals surface area contributed by atoms with E-state index in [-0.39, 0.29) is 5.91 Å². The van der Waals surface area contributed by atoms with Gasteiger partial charge in [-0.3, -0.25) is 15.2 Å². The number of rotatable bonds is 6. The first-order valence-electron chi connectivity index (χ1n) is 6.41. The largest absolute Gasteiger partial charge is 0.295 e. The van der Waals surface area contributed by atoms with Crippen molar-refractivity contribution >= 4 is 22.4 Å². The van der Waals surface area contributed by atoms with Crippen LogP contribution in [0, 0.1) is 0 Å². The first-order valence-corrected chi connectivity index (χ1v) is 7.22. The summed E-state index contributed by atoms with van der Waals surface area (Å²) in [6.45, 7) is 4.16. The third kappa shape index (κ3) is 3.60. The van der Waals surface area contributed by atoms with Crippen LogP contribution in [-0.2, 0) is 12.8 Å². The highest BCUT2D eigenvalue weighted by Crippen LogP contribution is 2.17. The fraction of sp³-hybridized carbons (Fsp3) is 0.500. The normalized spacial score (nSPS) is 10.6. The van der Waals surface area contributed by atoms with E-state index in [1.54, 1.807) is 6.07 Å². The quantitative estimate of drug-likeness (QED) is 0.850. The van der Waals surface area contributed by atoms with Gasteiger partial charge in [-0.2, -0.15) is 5.10 Å². The van der Waals surface area contributed by atoms with Crippen LogP contribution in [0.1, 0.15) is 47.9 Å². The molecule has 19 heavy (non-hydrogen) atoms. The van der Waals surface area contributed by atoms with Crippen LogP contribution in [0.5, 0.6) is 0 Å². The van der Waals surface area contributed by atoms with Gasteiger partial charge in [-0.05, 0) is 18.9 Å². The fourth-order valence-electron chi connectivity index (χ4n) is 1.66. The highest BCUT2D eigenvalue weighted by Gasteiger charge is 2.13. The summed E-state index contributed by atoms with van der Waals surface area (Å²) in [6.07, 6.45) is 3.80. The van der Waals surface area contributed by atoms with E-state index in [1.165, 1.54) is 11.3 Å². The van der Waals surface area contributed by atoms with Crippen LogP contribution in [-0.4, -0.2) is 26.3 Å². The maximum absolute atomic E-state index is 11.9. The number of hydrogen-bond donors (Lipinski definition) is 2. The number of nitrogens with one attached hydrogen (secondary N) is 2. The minimum absolute atomic E-state index is 0.252. The Hall–Kier alpha value is -1.76. The number of aromatic amines is 1. The summed E-state index contributed by atoms with van der Waals surface area (Å²) < 4.78 is 0. The van der Waals surface area contributed by atoms with Crippen LogP contribution < -0.4 is 5.32 Å². The van der Waals surface area contributed by atoms with Crippen LogP contribution in [0.3, 0.4) is 0 Å². The zero-order chi connectivity index (χ0) is 13.7. The predicted octanol–water partition coefficient (Wildman–Crippen LogP) is 2.42. The van der Waals surface area contributed by atoms with Crippen molar-refractivity contribution < 1.29 is 4.79 Å². The summed E-state index contributed by atoms with van der Waals surface area (Å²) in [5, 5.41) is 19.0. The Morgan fingerprint density at radius 2 is 2.11 bits per heavy atom. The molecule has 0 aromatic carbocycles. The van der Waals surface area contributed by atoms with Crippen molar-refractivity contribution in [3.8, 4) is 0 Å². The number of carbonyl (C=O) groups is 1. The maximum atomic E-state index is 11.9. The fourth-order valence-corrected chi connectivity index (χ4v) is 2.49. The average Bonchev–Trinajstić information content (AvgIpc) is 3.00. The van der Waals surface area contributed by atoms with Crippen LogP contribution >= 0.6 is 11.3 Å². The Bertz CT molecular complexity index is 548. The lowest BCUT2D eigenvalue weighted by Gasteiger charge is -1.95. The first kappa shape index (κ1) is 13.7. The van der Waals surface area contributed by atoms with E-state index in [0.29, 0.717) is 10.8 Å². The molecule has 2 N–H and O–H groups in total. The van der Waals surface area contributed by atoms with Gasteiger partial charge in [-0.25, -0.2) is 0 Å². The van der Waals surface area contributed by atoms with Gasteiger partial charge in [0, 0.05) is 12.1 Å². The molecule has 1 amide bonds. The summed E-state index contributed by atoms with van der Waals surface area (Å²) in [7, 11) is 0. The number of H-pyrrole nitrogens is 1. The van der Waals surface area contributed by atoms with E-state index in [4.69, 9.17) is 0 Å². The molecule has 0 spiro atoms. The summed E-state index contributed by atoms with van der Waals surface area (Å²) in [4.78, 5) is 11.9. The number of aryl methyl sites for hydroxylation is 2. The molecule has 0 fully saturated rings. The Balaban J connectivity index is 1.98. The first-order chi connectivity index (χ1) is 9.22. The molecule has 2 aromatic heterocycles. The van der Waals surface area contributed by atoms with Gasteiger partial charge in [0.05, 0.1) is 0 Å². The highest BCUT2D eigenvalue weighted by molar-refractivity contribution is 7.15. The van der Waals surface area contributed by atoms with E-state index in [1.807, 2.05) is 0 Å². The number of carbonyl (C=O) groups excluding carboxylic acids is 1. The number of amides is 1. The molecule has 0 bridgehead atoms. The second kappa shape index (κ2) is 6.42. The van der Waals surface area contributed by atoms with Crippen LogP contribution in [0.15, 0.2) is 6.07 Å². The monoisotopic (exact) mass is 279 g/mol. The molecule has 7 heteroatoms. The van der Waals surface area contributed by atoms with Crippen molar-refractivity contribution in [2.45, 2.75) is 39.5 Å². The molecular formula is C12H17N5OS. The van der Waals surface area contributed by atoms with E-state index in [9.17, 15) is 4.79 Å². The molecule has 0 saturated carbocycles. The standard InChI is InChI=1S/C12H17N5OS/c1-3-5-8-7-9(15-14-8)11(18)13-12-17-16-10(19-12)6-4-2/h7H,3-6H2,1-2H3,(H,14,15)(H,13,17,18). The molecule has 2 heterocycles. The van der Waals surface area contributed by atoms with Crippen molar-refractivity contribution in [2.24, 2.45) is 0 Å². The minimum Gasteiger partial charge on any atom is -0.295 e. The molecular weight excluding hydrogens is 262 g/mol. The highest BCUT2D eigenvalue weighted by atomic mass is 32.1. The summed E-state index contributed by atoms with van der Waals surface area (Å²) in [5.41, 5.74) is 1.35. The zero-order valence-electron chi connectivity index (χ0n) is 11.1. The number of aromatic nitrogens is 4. The van der Waals surface area contributed by atoms with E-state index in [0.717, 1.165) is 36.4 Å². The molecule has 0 radical (unpaired) electrons. The Kier molecular flexibility index (Phi) is 4.62. The van der Waals surface area contributed by atoms with Crippen molar-refractivity contribution in [2.75, 3.05) is 5.32 Å². The van der Waals surface area contributed by atoms with Crippen molar-refractivity contribution in [1.29, 1.82) is 0 Å². The molecule has 2 aromatic rings. The molecule has 102 valence electrons. The lowest BCUT2D eigenvalue weighted by molar-refractivity contribution is 0.102. The number of nitrogens with zero attached hydrogens (tertiary/aromatic N) is 3. The number of hydrogen-bond acceptors (Lipinski definition) is 5. The lowest BCUT2D eigenvalue weighted by atomic mass is 10.2. The van der Waals surface area contributed by atoms with E-state index >= 15 is 0 Å². The average molecular weight is 279 g/mol. The summed E-state index contributed by atoms with van der Waals surface area (Å²) in [6, 6.07) is 1.77.